The molecular formula is C36H37N3O4. The minimum Gasteiger partial charge on any atom is -0.444 e. The van der Waals surface area contributed by atoms with Gasteiger partial charge >= 0.3 is 6.09 Å². The molecule has 1 N–H and O–H groups in total. The number of hydrogen-bond donors (Lipinski definition) is 1. The van der Waals surface area contributed by atoms with E-state index >= 15 is 0 Å². The molecule has 4 aromatic carbocycles. The molecule has 43 heavy (non-hydrogen) atoms. The summed E-state index contributed by atoms with van der Waals surface area (Å²) < 4.78 is 5.43. The van der Waals surface area contributed by atoms with Gasteiger partial charge in [0.1, 0.15) is 12.0 Å². The van der Waals surface area contributed by atoms with E-state index in [0.717, 1.165) is 22.3 Å². The Balaban J connectivity index is 1.40. The van der Waals surface area contributed by atoms with E-state index in [4.69, 9.17) is 4.74 Å². The van der Waals surface area contributed by atoms with Crippen LogP contribution >= 0.6 is 0 Å². The lowest BCUT2D eigenvalue weighted by Gasteiger charge is -2.30. The Kier molecular flexibility index (Phi) is 8.09. The molecule has 1 aliphatic heterocycles. The first-order valence-corrected chi connectivity index (χ1v) is 14.4. The fraction of sp³-hybridized carbons (Fsp3) is 0.250. The van der Waals surface area contributed by atoms with Crippen LogP contribution in [0.2, 0.25) is 0 Å². The number of ether oxygens (including phenoxy) is 1. The number of benzene rings is 4. The highest BCUT2D eigenvalue weighted by Crippen LogP contribution is 2.39. The summed E-state index contributed by atoms with van der Waals surface area (Å²) in [5.74, 6) is -0.565. The number of carbonyl (C=O) groups excluding carboxylic acids is 3. The lowest BCUT2D eigenvalue weighted by Crippen LogP contribution is -2.43. The SMILES string of the molecule is CC(C)(C)OC(=O)NC(C)(C)c1ccc(N2C(=O)CC(=O)N(Cc3ccc(-c4ccccc4)cc3)c3ccccc32)cc1. The first-order chi connectivity index (χ1) is 20.4. The Hall–Kier alpha value is -4.91. The van der Waals surface area contributed by atoms with Crippen molar-refractivity contribution in [1.29, 1.82) is 0 Å². The molecule has 7 heteroatoms. The summed E-state index contributed by atoms with van der Waals surface area (Å²) in [7, 11) is 0. The Morgan fingerprint density at radius 2 is 1.30 bits per heavy atom. The van der Waals surface area contributed by atoms with E-state index in [1.807, 2.05) is 113 Å². The third-order valence-corrected chi connectivity index (χ3v) is 7.33. The molecule has 7 nitrogen and oxygen atoms in total. The number of nitrogens with one attached hydrogen (secondary N) is 1. The Morgan fingerprint density at radius 1 is 0.721 bits per heavy atom. The van der Waals surface area contributed by atoms with Crippen molar-refractivity contribution >= 4 is 35.0 Å². The molecule has 1 aliphatic rings. The van der Waals surface area contributed by atoms with Crippen molar-refractivity contribution in [2.24, 2.45) is 0 Å². The molecule has 0 atom stereocenters. The van der Waals surface area contributed by atoms with Crippen LogP contribution < -0.4 is 15.1 Å². The first kappa shape index (κ1) is 29.6. The molecule has 0 unspecified atom stereocenters. The third kappa shape index (κ3) is 6.78. The van der Waals surface area contributed by atoms with Crippen molar-refractivity contribution in [2.75, 3.05) is 9.80 Å². The minimum absolute atomic E-state index is 0.258. The van der Waals surface area contributed by atoms with Crippen LogP contribution in [0.5, 0.6) is 0 Å². The molecule has 1 heterocycles. The Bertz CT molecular complexity index is 1620. The number of fused-ring (bicyclic) bond motifs is 1. The molecule has 4 aromatic rings. The molecule has 220 valence electrons. The average Bonchev–Trinajstić information content (AvgIpc) is 3.06. The van der Waals surface area contributed by atoms with Gasteiger partial charge in [-0.25, -0.2) is 4.79 Å². The van der Waals surface area contributed by atoms with E-state index in [0.29, 0.717) is 23.6 Å². The second-order valence-corrected chi connectivity index (χ2v) is 12.2. The minimum atomic E-state index is -0.718. The van der Waals surface area contributed by atoms with Crippen LogP contribution in [0, 0.1) is 0 Å². The fourth-order valence-electron chi connectivity index (χ4n) is 5.18. The quantitative estimate of drug-likeness (QED) is 0.239. The smallest absolute Gasteiger partial charge is 0.408 e. The van der Waals surface area contributed by atoms with Crippen molar-refractivity contribution < 1.29 is 19.1 Å². The molecule has 3 amide bonds. The highest BCUT2D eigenvalue weighted by Gasteiger charge is 2.33. The van der Waals surface area contributed by atoms with Gasteiger partial charge in [-0.2, -0.15) is 0 Å². The predicted octanol–water partition coefficient (Wildman–Crippen LogP) is 7.72. The largest absolute Gasteiger partial charge is 0.444 e. The van der Waals surface area contributed by atoms with Gasteiger partial charge in [0.2, 0.25) is 11.8 Å². The van der Waals surface area contributed by atoms with Crippen LogP contribution in [0.3, 0.4) is 0 Å². The van der Waals surface area contributed by atoms with Gasteiger partial charge in [0.05, 0.1) is 23.5 Å². The van der Waals surface area contributed by atoms with Gasteiger partial charge in [-0.3, -0.25) is 14.5 Å². The van der Waals surface area contributed by atoms with Crippen LogP contribution in [-0.2, 0) is 26.4 Å². The highest BCUT2D eigenvalue weighted by molar-refractivity contribution is 6.18. The maximum absolute atomic E-state index is 13.6. The molecule has 0 bridgehead atoms. The summed E-state index contributed by atoms with van der Waals surface area (Å²) in [4.78, 5) is 42.7. The summed E-state index contributed by atoms with van der Waals surface area (Å²) in [6, 6.07) is 33.2. The standard InChI is InChI=1S/C36H37N3O4/c1-35(2,3)43-34(42)37-36(4,5)28-19-21-29(22-20-28)39-31-14-10-9-13-30(31)38(32(40)23-33(39)41)24-25-15-17-27(18-16-25)26-11-7-6-8-12-26/h6-22H,23-24H2,1-5H3,(H,37,42). The molecule has 5 rings (SSSR count). The van der Waals surface area contributed by atoms with Gasteiger partial charge in [0, 0.05) is 5.69 Å². The number of alkyl carbamates (subject to hydrolysis) is 1. The number of para-hydroxylation sites is 2. The third-order valence-electron chi connectivity index (χ3n) is 7.33. The van der Waals surface area contributed by atoms with Crippen molar-refractivity contribution in [2.45, 2.75) is 58.7 Å². The molecule has 0 saturated heterocycles. The second-order valence-electron chi connectivity index (χ2n) is 12.2. The molecule has 0 fully saturated rings. The maximum atomic E-state index is 13.6. The summed E-state index contributed by atoms with van der Waals surface area (Å²) >= 11 is 0. The van der Waals surface area contributed by atoms with Crippen molar-refractivity contribution in [3.63, 3.8) is 0 Å². The van der Waals surface area contributed by atoms with E-state index in [2.05, 4.69) is 29.6 Å². The topological polar surface area (TPSA) is 79.0 Å². The van der Waals surface area contributed by atoms with Gasteiger partial charge in [-0.15, -0.1) is 0 Å². The van der Waals surface area contributed by atoms with Crippen LogP contribution in [0.1, 0.15) is 52.2 Å². The normalized spacial score (nSPS) is 13.8. The van der Waals surface area contributed by atoms with Gasteiger partial charge in [-0.1, -0.05) is 78.9 Å². The molecule has 0 radical (unpaired) electrons. The molecule has 0 aliphatic carbocycles. The molecular weight excluding hydrogens is 538 g/mol. The van der Waals surface area contributed by atoms with Gasteiger partial charge in [-0.05, 0) is 81.1 Å². The molecule has 0 spiro atoms. The van der Waals surface area contributed by atoms with Crippen molar-refractivity contribution in [3.8, 4) is 11.1 Å². The summed E-state index contributed by atoms with van der Waals surface area (Å²) in [5, 5.41) is 2.92. The van der Waals surface area contributed by atoms with Crippen LogP contribution in [0.4, 0.5) is 21.9 Å². The first-order valence-electron chi connectivity index (χ1n) is 14.4. The number of carbonyl (C=O) groups is 3. The van der Waals surface area contributed by atoms with Gasteiger partial charge in [0.25, 0.3) is 0 Å². The zero-order chi connectivity index (χ0) is 30.8. The van der Waals surface area contributed by atoms with Crippen molar-refractivity contribution in [1.82, 2.24) is 5.32 Å². The maximum Gasteiger partial charge on any atom is 0.408 e. The summed E-state index contributed by atoms with van der Waals surface area (Å²) in [6.07, 6.45) is -0.768. The van der Waals surface area contributed by atoms with Gasteiger partial charge in [0.15, 0.2) is 0 Å². The van der Waals surface area contributed by atoms with Crippen LogP contribution in [0.25, 0.3) is 11.1 Å². The van der Waals surface area contributed by atoms with Crippen LogP contribution in [0.15, 0.2) is 103 Å². The summed E-state index contributed by atoms with van der Waals surface area (Å²) in [6.45, 7) is 9.58. The number of rotatable bonds is 6. The average molecular weight is 576 g/mol. The van der Waals surface area contributed by atoms with Crippen molar-refractivity contribution in [3.05, 3.63) is 114 Å². The molecule has 0 aromatic heterocycles. The van der Waals surface area contributed by atoms with Gasteiger partial charge < -0.3 is 15.0 Å². The van der Waals surface area contributed by atoms with E-state index in [-0.39, 0.29) is 18.2 Å². The lowest BCUT2D eigenvalue weighted by atomic mass is 9.94. The van der Waals surface area contributed by atoms with E-state index in [1.54, 1.807) is 9.80 Å². The predicted molar refractivity (Wildman–Crippen MR) is 170 cm³/mol. The monoisotopic (exact) mass is 575 g/mol. The molecule has 0 saturated carbocycles. The van der Waals surface area contributed by atoms with Crippen LogP contribution in [-0.4, -0.2) is 23.5 Å². The zero-order valence-corrected chi connectivity index (χ0v) is 25.3. The van der Waals surface area contributed by atoms with E-state index in [9.17, 15) is 14.4 Å². The Labute approximate surface area is 253 Å². The summed E-state index contributed by atoms with van der Waals surface area (Å²) in [5.41, 5.74) is 4.65. The zero-order valence-electron chi connectivity index (χ0n) is 25.3. The number of nitrogens with zero attached hydrogens (tertiary/aromatic N) is 2. The highest BCUT2D eigenvalue weighted by atomic mass is 16.6. The van der Waals surface area contributed by atoms with E-state index in [1.165, 1.54) is 0 Å². The number of amides is 3. The van der Waals surface area contributed by atoms with E-state index < -0.39 is 17.2 Å². The number of anilines is 3. The Morgan fingerprint density at radius 3 is 1.93 bits per heavy atom. The lowest BCUT2D eigenvalue weighted by molar-refractivity contribution is -0.125. The fourth-order valence-corrected chi connectivity index (χ4v) is 5.18. The number of hydrogen-bond acceptors (Lipinski definition) is 4. The second kappa shape index (κ2) is 11.8.